The van der Waals surface area contributed by atoms with Crippen LogP contribution in [0.1, 0.15) is 41.1 Å². The van der Waals surface area contributed by atoms with Gasteiger partial charge in [-0.2, -0.15) is 0 Å². The Morgan fingerprint density at radius 1 is 0.846 bits per heavy atom. The van der Waals surface area contributed by atoms with Gasteiger partial charge in [0.15, 0.2) is 0 Å². The molecule has 10 heteroatoms. The van der Waals surface area contributed by atoms with Gasteiger partial charge in [0.05, 0.1) is 0 Å². The maximum absolute atomic E-state index is 7.57. The SMILES string of the molecule is CCO.Cc1nc(C)c(C)c(Cl)n1.Cc1nc(C)c(C)c(NN)n1.NN. The van der Waals surface area contributed by atoms with Crippen LogP contribution in [0.5, 0.6) is 0 Å². The third-order valence-corrected chi connectivity index (χ3v) is 3.45. The molecule has 2 aromatic rings. The number of hydrogen-bond acceptors (Lipinski definition) is 9. The topological polar surface area (TPSA) is 162 Å². The maximum Gasteiger partial charge on any atom is 0.146 e. The van der Waals surface area contributed by atoms with Crippen LogP contribution in [0.3, 0.4) is 0 Å². The van der Waals surface area contributed by atoms with Gasteiger partial charge in [-0.15, -0.1) is 0 Å². The van der Waals surface area contributed by atoms with Crippen LogP contribution >= 0.6 is 11.6 Å². The normalized spacial score (nSPS) is 8.92. The molecule has 26 heavy (non-hydrogen) atoms. The van der Waals surface area contributed by atoms with Crippen LogP contribution in [0.15, 0.2) is 0 Å². The lowest BCUT2D eigenvalue weighted by molar-refractivity contribution is 0.318. The lowest BCUT2D eigenvalue weighted by Gasteiger charge is -2.06. The van der Waals surface area contributed by atoms with Crippen molar-refractivity contribution in [1.29, 1.82) is 0 Å². The van der Waals surface area contributed by atoms with Crippen molar-refractivity contribution < 1.29 is 5.11 Å². The average Bonchev–Trinajstić information content (AvgIpc) is 2.59. The van der Waals surface area contributed by atoms with Gasteiger partial charge in [-0.3, -0.25) is 11.7 Å². The van der Waals surface area contributed by atoms with Gasteiger partial charge in [0, 0.05) is 29.1 Å². The van der Waals surface area contributed by atoms with E-state index in [0.717, 1.165) is 34.2 Å². The third kappa shape index (κ3) is 9.54. The molecule has 0 bridgehead atoms. The van der Waals surface area contributed by atoms with Crippen LogP contribution < -0.4 is 23.0 Å². The van der Waals surface area contributed by atoms with Gasteiger partial charge in [-0.25, -0.2) is 25.8 Å². The van der Waals surface area contributed by atoms with E-state index in [1.54, 1.807) is 6.92 Å². The van der Waals surface area contributed by atoms with E-state index in [9.17, 15) is 0 Å². The lowest BCUT2D eigenvalue weighted by Crippen LogP contribution is -2.12. The average molecular weight is 387 g/mol. The second-order valence-corrected chi connectivity index (χ2v) is 5.42. The Bertz CT molecular complexity index is 644. The van der Waals surface area contributed by atoms with Gasteiger partial charge in [-0.1, -0.05) is 11.6 Å². The Kier molecular flexibility index (Phi) is 14.5. The monoisotopic (exact) mass is 386 g/mol. The number of aliphatic hydroxyl groups excluding tert-OH is 1. The summed E-state index contributed by atoms with van der Waals surface area (Å²) in [5, 5.41) is 8.13. The molecule has 0 saturated heterocycles. The van der Waals surface area contributed by atoms with Crippen molar-refractivity contribution in [3.8, 4) is 0 Å². The maximum atomic E-state index is 7.57. The number of rotatable bonds is 1. The van der Waals surface area contributed by atoms with Crippen molar-refractivity contribution in [2.24, 2.45) is 17.5 Å². The van der Waals surface area contributed by atoms with Gasteiger partial charge in [0.2, 0.25) is 0 Å². The van der Waals surface area contributed by atoms with Crippen molar-refractivity contribution >= 4 is 17.4 Å². The zero-order chi connectivity index (χ0) is 20.9. The van der Waals surface area contributed by atoms with Gasteiger partial charge in [0.25, 0.3) is 0 Å². The van der Waals surface area contributed by atoms with Crippen LogP contribution in [0.2, 0.25) is 5.15 Å². The van der Waals surface area contributed by atoms with E-state index in [2.05, 4.69) is 37.0 Å². The highest BCUT2D eigenvalue weighted by Crippen LogP contribution is 2.13. The number of nitrogens with two attached hydrogens (primary N) is 3. The van der Waals surface area contributed by atoms with E-state index in [1.807, 2.05) is 41.5 Å². The Balaban J connectivity index is 0. The van der Waals surface area contributed by atoms with E-state index < -0.39 is 0 Å². The van der Waals surface area contributed by atoms with Crippen LogP contribution in [0.4, 0.5) is 5.82 Å². The number of nitrogen functional groups attached to an aromatic ring is 1. The third-order valence-electron chi connectivity index (χ3n) is 3.08. The summed E-state index contributed by atoms with van der Waals surface area (Å²) in [6, 6.07) is 0. The van der Waals surface area contributed by atoms with Crippen molar-refractivity contribution in [2.45, 2.75) is 48.5 Å². The molecule has 0 aliphatic carbocycles. The summed E-state index contributed by atoms with van der Waals surface area (Å²) in [5.41, 5.74) is 6.41. The molecule has 2 aromatic heterocycles. The molecule has 0 radical (unpaired) electrons. The number of hydrogen-bond donors (Lipinski definition) is 5. The predicted molar refractivity (Wildman–Crippen MR) is 106 cm³/mol. The number of halogens is 1. The molecule has 0 atom stereocenters. The molecule has 0 amide bonds. The molecule has 9 nitrogen and oxygen atoms in total. The van der Waals surface area contributed by atoms with Crippen LogP contribution in [-0.2, 0) is 0 Å². The largest absolute Gasteiger partial charge is 0.397 e. The Morgan fingerprint density at radius 3 is 1.62 bits per heavy atom. The fraction of sp³-hybridized carbons (Fsp3) is 0.500. The minimum absolute atomic E-state index is 0.250. The summed E-state index contributed by atoms with van der Waals surface area (Å²) >= 11 is 5.77. The molecule has 0 unspecified atom stereocenters. The zero-order valence-corrected chi connectivity index (χ0v) is 17.3. The Morgan fingerprint density at radius 2 is 1.23 bits per heavy atom. The highest BCUT2D eigenvalue weighted by Gasteiger charge is 2.02. The number of aromatic nitrogens is 4. The highest BCUT2D eigenvalue weighted by atomic mass is 35.5. The lowest BCUT2D eigenvalue weighted by atomic mass is 10.2. The number of anilines is 1. The molecule has 2 heterocycles. The highest BCUT2D eigenvalue weighted by molar-refractivity contribution is 6.30. The first-order valence-corrected chi connectivity index (χ1v) is 8.25. The van der Waals surface area contributed by atoms with Gasteiger partial charge in [-0.05, 0) is 48.5 Å². The zero-order valence-electron chi connectivity index (χ0n) is 16.6. The van der Waals surface area contributed by atoms with Gasteiger partial charge in [0.1, 0.15) is 22.6 Å². The van der Waals surface area contributed by atoms with E-state index in [4.69, 9.17) is 22.6 Å². The van der Waals surface area contributed by atoms with Crippen LogP contribution in [-0.4, -0.2) is 31.6 Å². The van der Waals surface area contributed by atoms with Crippen molar-refractivity contribution in [1.82, 2.24) is 19.9 Å². The molecular weight excluding hydrogens is 356 g/mol. The van der Waals surface area contributed by atoms with Gasteiger partial charge >= 0.3 is 0 Å². The van der Waals surface area contributed by atoms with Crippen LogP contribution in [0, 0.1) is 41.5 Å². The summed E-state index contributed by atoms with van der Waals surface area (Å²) in [4.78, 5) is 16.4. The first-order chi connectivity index (χ1) is 12.2. The smallest absolute Gasteiger partial charge is 0.146 e. The molecule has 0 aromatic carbocycles. The molecule has 0 aliphatic rings. The first-order valence-electron chi connectivity index (χ1n) is 7.87. The number of hydrazine groups is 2. The van der Waals surface area contributed by atoms with E-state index in [1.165, 1.54) is 0 Å². The second-order valence-electron chi connectivity index (χ2n) is 5.06. The minimum Gasteiger partial charge on any atom is -0.397 e. The standard InChI is InChI=1S/C7H9ClN2.C7H12N4.C2H6O.H4N2/c1-4-5(2)9-6(3)10-7(4)8;1-4-5(2)9-6(3)10-7(4)11-8;1-2-3;1-2/h1-3H3;8H2,1-3H3,(H,9,10,11);3H,2H2,1H3;1-2H2. The fourth-order valence-corrected chi connectivity index (χ4v) is 1.89. The molecular formula is C16H31ClN8O. The second kappa shape index (κ2) is 14.3. The number of aliphatic hydroxyl groups is 1. The van der Waals surface area contributed by atoms with Crippen molar-refractivity contribution in [3.05, 3.63) is 39.3 Å². The minimum atomic E-state index is 0.250. The molecule has 0 saturated carbocycles. The summed E-state index contributed by atoms with van der Waals surface area (Å²) in [5.74, 6) is 15.4. The molecule has 0 aliphatic heterocycles. The first kappa shape index (κ1) is 26.3. The summed E-state index contributed by atoms with van der Waals surface area (Å²) in [7, 11) is 0. The van der Waals surface area contributed by atoms with E-state index in [-0.39, 0.29) is 6.61 Å². The summed E-state index contributed by atoms with van der Waals surface area (Å²) < 4.78 is 0. The molecule has 0 fully saturated rings. The molecule has 8 N–H and O–H groups in total. The Labute approximate surface area is 160 Å². The predicted octanol–water partition coefficient (Wildman–Crippen LogP) is 1.56. The van der Waals surface area contributed by atoms with Crippen LogP contribution in [0.25, 0.3) is 0 Å². The number of aryl methyl sites for hydroxylation is 4. The molecule has 2 rings (SSSR count). The summed E-state index contributed by atoms with van der Waals surface area (Å²) in [6.07, 6.45) is 0. The van der Waals surface area contributed by atoms with E-state index >= 15 is 0 Å². The van der Waals surface area contributed by atoms with Crippen molar-refractivity contribution in [3.63, 3.8) is 0 Å². The fourth-order valence-electron chi connectivity index (χ4n) is 1.64. The van der Waals surface area contributed by atoms with Gasteiger partial charge < -0.3 is 10.5 Å². The number of nitrogens with one attached hydrogen (secondary N) is 1. The quantitative estimate of drug-likeness (QED) is 0.278. The molecule has 148 valence electrons. The number of nitrogens with zero attached hydrogens (tertiary/aromatic N) is 4. The van der Waals surface area contributed by atoms with Crippen molar-refractivity contribution in [2.75, 3.05) is 12.0 Å². The molecule has 0 spiro atoms. The summed E-state index contributed by atoms with van der Waals surface area (Å²) in [6.45, 7) is 13.3. The Hall–Kier alpha value is -1.91. The van der Waals surface area contributed by atoms with E-state index in [0.29, 0.717) is 11.0 Å².